The Labute approximate surface area is 96.9 Å². The van der Waals surface area contributed by atoms with Gasteiger partial charge in [-0.15, -0.1) is 0 Å². The number of aryl methyl sites for hydroxylation is 2. The number of methoxy groups -OCH3 is 1. The summed E-state index contributed by atoms with van der Waals surface area (Å²) in [6, 6.07) is 0.123. The smallest absolute Gasteiger partial charge is 0.0788 e. The molecular formula is C11H22N4O. The Hall–Kier alpha value is -0.910. The van der Waals surface area contributed by atoms with Gasteiger partial charge < -0.3 is 4.74 Å². The fourth-order valence-corrected chi connectivity index (χ4v) is 1.69. The van der Waals surface area contributed by atoms with Crippen LogP contribution in [0.1, 0.15) is 25.8 Å². The molecule has 1 aromatic rings. The second kappa shape index (κ2) is 5.43. The summed E-state index contributed by atoms with van der Waals surface area (Å²) < 4.78 is 7.23. The summed E-state index contributed by atoms with van der Waals surface area (Å²) in [5.74, 6) is 5.55. The van der Waals surface area contributed by atoms with E-state index in [2.05, 4.69) is 10.5 Å². The van der Waals surface area contributed by atoms with Crippen molar-refractivity contribution < 1.29 is 4.74 Å². The molecule has 0 spiro atoms. The molecule has 5 heteroatoms. The first-order valence-corrected chi connectivity index (χ1v) is 5.48. The van der Waals surface area contributed by atoms with E-state index in [1.165, 1.54) is 5.56 Å². The highest BCUT2D eigenvalue weighted by molar-refractivity contribution is 5.04. The molecule has 1 unspecified atom stereocenters. The molecular weight excluding hydrogens is 204 g/mol. The summed E-state index contributed by atoms with van der Waals surface area (Å²) in [6.07, 6.45) is 5.76. The highest BCUT2D eigenvalue weighted by Crippen LogP contribution is 2.17. The van der Waals surface area contributed by atoms with Gasteiger partial charge in [0, 0.05) is 26.4 Å². The average Bonchev–Trinajstić information content (AvgIpc) is 2.65. The fraction of sp³-hybridized carbons (Fsp3) is 0.727. The largest absolute Gasteiger partial charge is 0.377 e. The van der Waals surface area contributed by atoms with E-state index in [1.807, 2.05) is 38.0 Å². The molecule has 0 saturated carbocycles. The van der Waals surface area contributed by atoms with Crippen LogP contribution >= 0.6 is 0 Å². The molecule has 0 bridgehead atoms. The van der Waals surface area contributed by atoms with Crippen molar-refractivity contribution in [2.45, 2.75) is 38.3 Å². The summed E-state index contributed by atoms with van der Waals surface area (Å²) in [5, 5.41) is 4.14. The molecule has 16 heavy (non-hydrogen) atoms. The SMILES string of the molecule is COC(C)(C)C(CCc1cnn(C)c1)NN. The van der Waals surface area contributed by atoms with Gasteiger partial charge in [0.05, 0.1) is 11.8 Å². The van der Waals surface area contributed by atoms with Gasteiger partial charge in [0.1, 0.15) is 0 Å². The third-order valence-corrected chi connectivity index (χ3v) is 3.05. The minimum atomic E-state index is -0.267. The molecule has 0 radical (unpaired) electrons. The van der Waals surface area contributed by atoms with E-state index in [9.17, 15) is 0 Å². The number of rotatable bonds is 6. The maximum Gasteiger partial charge on any atom is 0.0788 e. The monoisotopic (exact) mass is 226 g/mol. The molecule has 1 aromatic heterocycles. The van der Waals surface area contributed by atoms with Crippen LogP contribution < -0.4 is 11.3 Å². The molecule has 0 aliphatic rings. The van der Waals surface area contributed by atoms with Crippen molar-refractivity contribution >= 4 is 0 Å². The van der Waals surface area contributed by atoms with Crippen LogP contribution in [0.4, 0.5) is 0 Å². The van der Waals surface area contributed by atoms with Gasteiger partial charge in [-0.3, -0.25) is 16.0 Å². The topological polar surface area (TPSA) is 65.1 Å². The average molecular weight is 226 g/mol. The first-order valence-electron chi connectivity index (χ1n) is 5.48. The van der Waals surface area contributed by atoms with Gasteiger partial charge in [-0.25, -0.2) is 0 Å². The maximum atomic E-state index is 5.55. The summed E-state index contributed by atoms with van der Waals surface area (Å²) in [6.45, 7) is 4.06. The van der Waals surface area contributed by atoms with Gasteiger partial charge in [-0.2, -0.15) is 5.10 Å². The number of nitrogens with two attached hydrogens (primary N) is 1. The van der Waals surface area contributed by atoms with Crippen molar-refractivity contribution in [1.29, 1.82) is 0 Å². The van der Waals surface area contributed by atoms with Gasteiger partial charge >= 0.3 is 0 Å². The van der Waals surface area contributed by atoms with Gasteiger partial charge in [-0.05, 0) is 32.3 Å². The van der Waals surface area contributed by atoms with Crippen LogP contribution in [0.5, 0.6) is 0 Å². The van der Waals surface area contributed by atoms with E-state index in [1.54, 1.807) is 7.11 Å². The Balaban J connectivity index is 2.52. The second-order valence-electron chi connectivity index (χ2n) is 4.59. The number of nitrogens with zero attached hydrogens (tertiary/aromatic N) is 2. The fourth-order valence-electron chi connectivity index (χ4n) is 1.69. The molecule has 0 aromatic carbocycles. The van der Waals surface area contributed by atoms with E-state index < -0.39 is 0 Å². The number of nitrogens with one attached hydrogen (secondary N) is 1. The third-order valence-electron chi connectivity index (χ3n) is 3.05. The molecule has 92 valence electrons. The second-order valence-corrected chi connectivity index (χ2v) is 4.59. The van der Waals surface area contributed by atoms with Gasteiger partial charge in [0.25, 0.3) is 0 Å². The normalized spacial score (nSPS) is 14.1. The molecule has 0 aliphatic heterocycles. The Kier molecular flexibility index (Phi) is 4.46. The van der Waals surface area contributed by atoms with E-state index in [0.29, 0.717) is 0 Å². The van der Waals surface area contributed by atoms with Crippen molar-refractivity contribution in [3.63, 3.8) is 0 Å². The predicted molar refractivity (Wildman–Crippen MR) is 63.7 cm³/mol. The number of ether oxygens (including phenoxy) is 1. The van der Waals surface area contributed by atoms with Crippen LogP contribution in [0.3, 0.4) is 0 Å². The number of hydrogen-bond acceptors (Lipinski definition) is 4. The molecule has 1 atom stereocenters. The van der Waals surface area contributed by atoms with Crippen molar-refractivity contribution in [2.24, 2.45) is 12.9 Å². The Bertz CT molecular complexity index is 322. The van der Waals surface area contributed by atoms with Crippen molar-refractivity contribution in [1.82, 2.24) is 15.2 Å². The Morgan fingerprint density at radius 3 is 2.75 bits per heavy atom. The molecule has 1 rings (SSSR count). The minimum Gasteiger partial charge on any atom is -0.377 e. The zero-order chi connectivity index (χ0) is 12.2. The molecule has 0 fully saturated rings. The van der Waals surface area contributed by atoms with Gasteiger partial charge in [0.15, 0.2) is 0 Å². The van der Waals surface area contributed by atoms with E-state index in [4.69, 9.17) is 10.6 Å². The molecule has 0 saturated heterocycles. The van der Waals surface area contributed by atoms with Gasteiger partial charge in [0.2, 0.25) is 0 Å². The predicted octanol–water partition coefficient (Wildman–Crippen LogP) is 0.610. The highest BCUT2D eigenvalue weighted by atomic mass is 16.5. The van der Waals surface area contributed by atoms with Crippen LogP contribution in [0.15, 0.2) is 12.4 Å². The lowest BCUT2D eigenvalue weighted by Crippen LogP contribution is -2.51. The lowest BCUT2D eigenvalue weighted by molar-refractivity contribution is -0.0124. The van der Waals surface area contributed by atoms with E-state index in [-0.39, 0.29) is 11.6 Å². The first-order chi connectivity index (χ1) is 7.49. The lowest BCUT2D eigenvalue weighted by Gasteiger charge is -2.32. The number of hydrazine groups is 1. The number of hydrogen-bond donors (Lipinski definition) is 2. The molecule has 0 aliphatic carbocycles. The minimum absolute atomic E-state index is 0.123. The van der Waals surface area contributed by atoms with Crippen molar-refractivity contribution in [3.8, 4) is 0 Å². The van der Waals surface area contributed by atoms with Crippen LogP contribution in [0.2, 0.25) is 0 Å². The van der Waals surface area contributed by atoms with Crippen molar-refractivity contribution in [3.05, 3.63) is 18.0 Å². The molecule has 5 nitrogen and oxygen atoms in total. The molecule has 3 N–H and O–H groups in total. The third kappa shape index (κ3) is 3.30. The summed E-state index contributed by atoms with van der Waals surface area (Å²) >= 11 is 0. The number of aromatic nitrogens is 2. The highest BCUT2D eigenvalue weighted by Gasteiger charge is 2.27. The Morgan fingerprint density at radius 2 is 2.31 bits per heavy atom. The Morgan fingerprint density at radius 1 is 1.62 bits per heavy atom. The summed E-state index contributed by atoms with van der Waals surface area (Å²) in [4.78, 5) is 0. The van der Waals surface area contributed by atoms with E-state index in [0.717, 1.165) is 12.8 Å². The quantitative estimate of drug-likeness (QED) is 0.551. The zero-order valence-corrected chi connectivity index (χ0v) is 10.5. The zero-order valence-electron chi connectivity index (χ0n) is 10.5. The van der Waals surface area contributed by atoms with Crippen LogP contribution in [0.25, 0.3) is 0 Å². The standard InChI is InChI=1S/C11H22N4O/c1-11(2,16-4)10(14-12)6-5-9-7-13-15(3)8-9/h7-8,10,14H,5-6,12H2,1-4H3. The maximum absolute atomic E-state index is 5.55. The van der Waals surface area contributed by atoms with Crippen LogP contribution in [-0.4, -0.2) is 28.5 Å². The summed E-state index contributed by atoms with van der Waals surface area (Å²) in [5.41, 5.74) is 3.77. The lowest BCUT2D eigenvalue weighted by atomic mass is 9.94. The van der Waals surface area contributed by atoms with Crippen molar-refractivity contribution in [2.75, 3.05) is 7.11 Å². The molecule has 0 amide bonds. The van der Waals surface area contributed by atoms with Crippen LogP contribution in [0, 0.1) is 0 Å². The van der Waals surface area contributed by atoms with E-state index >= 15 is 0 Å². The first kappa shape index (κ1) is 13.2. The molecule has 1 heterocycles. The van der Waals surface area contributed by atoms with Gasteiger partial charge in [-0.1, -0.05) is 0 Å². The van der Waals surface area contributed by atoms with Crippen LogP contribution in [-0.2, 0) is 18.2 Å². The summed E-state index contributed by atoms with van der Waals surface area (Å²) in [7, 11) is 3.62.